The van der Waals surface area contributed by atoms with Crippen LogP contribution in [-0.4, -0.2) is 0 Å². The molecule has 0 aliphatic rings. The molecule has 100 valence electrons. The molecule has 1 unspecified atom stereocenters. The van der Waals surface area contributed by atoms with Gasteiger partial charge in [0.2, 0.25) is 0 Å². The van der Waals surface area contributed by atoms with Crippen molar-refractivity contribution in [2.75, 3.05) is 0 Å². The molecule has 1 nitrogen and oxygen atoms in total. The Kier molecular flexibility index (Phi) is 3.57. The van der Waals surface area contributed by atoms with E-state index < -0.39 is 23.3 Å². The van der Waals surface area contributed by atoms with Crippen LogP contribution in [0.15, 0.2) is 30.3 Å². The van der Waals surface area contributed by atoms with Crippen LogP contribution in [0.25, 0.3) is 11.1 Å². The van der Waals surface area contributed by atoms with E-state index in [2.05, 4.69) is 0 Å². The molecule has 0 aliphatic carbocycles. The molecule has 0 heterocycles. The summed E-state index contributed by atoms with van der Waals surface area (Å²) in [6, 6.07) is 4.55. The third-order valence-electron chi connectivity index (χ3n) is 2.82. The molecular formula is C14H11F4N. The lowest BCUT2D eigenvalue weighted by atomic mass is 9.99. The lowest BCUT2D eigenvalue weighted by Crippen LogP contribution is -2.05. The van der Waals surface area contributed by atoms with Gasteiger partial charge in [-0.1, -0.05) is 6.07 Å². The Hall–Kier alpha value is -1.88. The van der Waals surface area contributed by atoms with Gasteiger partial charge in [-0.25, -0.2) is 17.6 Å². The molecule has 0 radical (unpaired) electrons. The summed E-state index contributed by atoms with van der Waals surface area (Å²) in [7, 11) is 0. The van der Waals surface area contributed by atoms with Gasteiger partial charge in [-0.2, -0.15) is 0 Å². The molecular weight excluding hydrogens is 258 g/mol. The number of rotatable bonds is 2. The summed E-state index contributed by atoms with van der Waals surface area (Å²) in [5, 5.41) is 0. The molecule has 2 aromatic rings. The van der Waals surface area contributed by atoms with Crippen molar-refractivity contribution in [3.8, 4) is 11.1 Å². The first kappa shape index (κ1) is 13.5. The SMILES string of the molecule is CC(N)c1ccc(F)c(-c2cc(F)c(F)cc2F)c1. The van der Waals surface area contributed by atoms with Crippen molar-refractivity contribution < 1.29 is 17.6 Å². The van der Waals surface area contributed by atoms with Crippen LogP contribution < -0.4 is 5.73 Å². The summed E-state index contributed by atoms with van der Waals surface area (Å²) >= 11 is 0. The number of nitrogens with two attached hydrogens (primary N) is 1. The summed E-state index contributed by atoms with van der Waals surface area (Å²) in [5.41, 5.74) is 5.74. The summed E-state index contributed by atoms with van der Waals surface area (Å²) in [5.74, 6) is -4.30. The van der Waals surface area contributed by atoms with Crippen LogP contribution in [0.1, 0.15) is 18.5 Å². The molecule has 0 spiro atoms. The molecule has 0 amide bonds. The van der Waals surface area contributed by atoms with Crippen molar-refractivity contribution in [2.45, 2.75) is 13.0 Å². The third-order valence-corrected chi connectivity index (χ3v) is 2.82. The molecule has 0 bridgehead atoms. The van der Waals surface area contributed by atoms with Gasteiger partial charge in [0.1, 0.15) is 11.6 Å². The van der Waals surface area contributed by atoms with Crippen molar-refractivity contribution >= 4 is 0 Å². The fraction of sp³-hybridized carbons (Fsp3) is 0.143. The van der Waals surface area contributed by atoms with E-state index in [1.54, 1.807) is 6.92 Å². The van der Waals surface area contributed by atoms with Crippen molar-refractivity contribution in [3.63, 3.8) is 0 Å². The van der Waals surface area contributed by atoms with Crippen molar-refractivity contribution in [3.05, 3.63) is 59.2 Å². The Morgan fingerprint density at radius 1 is 0.789 bits per heavy atom. The van der Waals surface area contributed by atoms with E-state index in [-0.39, 0.29) is 17.2 Å². The van der Waals surface area contributed by atoms with E-state index in [1.807, 2.05) is 0 Å². The van der Waals surface area contributed by atoms with Gasteiger partial charge >= 0.3 is 0 Å². The molecule has 5 heteroatoms. The zero-order chi connectivity index (χ0) is 14.2. The molecule has 19 heavy (non-hydrogen) atoms. The molecule has 0 saturated heterocycles. The highest BCUT2D eigenvalue weighted by molar-refractivity contribution is 5.66. The van der Waals surface area contributed by atoms with Gasteiger partial charge in [-0.15, -0.1) is 0 Å². The molecule has 2 aromatic carbocycles. The van der Waals surface area contributed by atoms with Gasteiger partial charge < -0.3 is 5.73 Å². The van der Waals surface area contributed by atoms with E-state index in [9.17, 15) is 17.6 Å². The topological polar surface area (TPSA) is 26.0 Å². The quantitative estimate of drug-likeness (QED) is 0.648. The summed E-state index contributed by atoms with van der Waals surface area (Å²) in [6.45, 7) is 1.68. The molecule has 0 aliphatic heterocycles. The standard InChI is InChI=1S/C14H11F4N/c1-7(19)8-2-3-11(15)9(4-8)10-5-13(17)14(18)6-12(10)16/h2-7H,19H2,1H3. The number of benzene rings is 2. The van der Waals surface area contributed by atoms with Crippen LogP contribution in [-0.2, 0) is 0 Å². The summed E-state index contributed by atoms with van der Waals surface area (Å²) in [4.78, 5) is 0. The predicted octanol–water partition coefficient (Wildman–Crippen LogP) is 3.93. The van der Waals surface area contributed by atoms with Gasteiger partial charge in [0.25, 0.3) is 0 Å². The minimum absolute atomic E-state index is 0.147. The van der Waals surface area contributed by atoms with Crippen LogP contribution in [0, 0.1) is 23.3 Å². The van der Waals surface area contributed by atoms with Crippen molar-refractivity contribution in [1.82, 2.24) is 0 Å². The van der Waals surface area contributed by atoms with Gasteiger partial charge in [0.05, 0.1) is 0 Å². The highest BCUT2D eigenvalue weighted by Gasteiger charge is 2.15. The van der Waals surface area contributed by atoms with E-state index >= 15 is 0 Å². The molecule has 0 fully saturated rings. The molecule has 2 N–H and O–H groups in total. The second-order valence-electron chi connectivity index (χ2n) is 4.27. The first-order valence-corrected chi connectivity index (χ1v) is 5.60. The van der Waals surface area contributed by atoms with E-state index in [4.69, 9.17) is 5.73 Å². The van der Waals surface area contributed by atoms with Crippen molar-refractivity contribution in [2.24, 2.45) is 5.73 Å². The minimum Gasteiger partial charge on any atom is -0.324 e. The summed E-state index contributed by atoms with van der Waals surface area (Å²) < 4.78 is 53.3. The fourth-order valence-electron chi connectivity index (χ4n) is 1.76. The second-order valence-corrected chi connectivity index (χ2v) is 4.27. The third kappa shape index (κ3) is 2.61. The molecule has 1 atom stereocenters. The number of hydrogen-bond donors (Lipinski definition) is 1. The average Bonchev–Trinajstić information content (AvgIpc) is 2.34. The summed E-state index contributed by atoms with van der Waals surface area (Å²) in [6.07, 6.45) is 0. The largest absolute Gasteiger partial charge is 0.324 e. The lowest BCUT2D eigenvalue weighted by Gasteiger charge is -2.10. The Balaban J connectivity index is 2.64. The first-order chi connectivity index (χ1) is 8.90. The average molecular weight is 269 g/mol. The van der Waals surface area contributed by atoms with Gasteiger partial charge in [0.15, 0.2) is 11.6 Å². The normalized spacial score (nSPS) is 12.5. The highest BCUT2D eigenvalue weighted by Crippen LogP contribution is 2.29. The van der Waals surface area contributed by atoms with E-state index in [0.29, 0.717) is 17.7 Å². The highest BCUT2D eigenvalue weighted by atomic mass is 19.2. The van der Waals surface area contributed by atoms with Crippen LogP contribution in [0.5, 0.6) is 0 Å². The van der Waals surface area contributed by atoms with Crippen LogP contribution in [0.2, 0.25) is 0 Å². The Labute approximate surface area is 107 Å². The molecule has 2 rings (SSSR count). The van der Waals surface area contributed by atoms with Crippen LogP contribution >= 0.6 is 0 Å². The van der Waals surface area contributed by atoms with E-state index in [1.165, 1.54) is 12.1 Å². The predicted molar refractivity (Wildman–Crippen MR) is 64.3 cm³/mol. The zero-order valence-electron chi connectivity index (χ0n) is 10.1. The minimum atomic E-state index is -1.31. The maximum absolute atomic E-state index is 13.7. The molecule has 0 aromatic heterocycles. The van der Waals surface area contributed by atoms with Gasteiger partial charge in [-0.3, -0.25) is 0 Å². The maximum atomic E-state index is 13.7. The molecule has 0 saturated carbocycles. The van der Waals surface area contributed by atoms with Gasteiger partial charge in [-0.05, 0) is 30.7 Å². The maximum Gasteiger partial charge on any atom is 0.161 e. The number of halogens is 4. The Morgan fingerprint density at radius 2 is 1.37 bits per heavy atom. The Morgan fingerprint density at radius 3 is 2.00 bits per heavy atom. The second kappa shape index (κ2) is 5.01. The zero-order valence-corrected chi connectivity index (χ0v) is 10.1. The van der Waals surface area contributed by atoms with Gasteiger partial charge in [0, 0.05) is 23.2 Å². The van der Waals surface area contributed by atoms with Crippen LogP contribution in [0.3, 0.4) is 0 Å². The van der Waals surface area contributed by atoms with Crippen molar-refractivity contribution in [1.29, 1.82) is 0 Å². The monoisotopic (exact) mass is 269 g/mol. The van der Waals surface area contributed by atoms with Crippen LogP contribution in [0.4, 0.5) is 17.6 Å². The lowest BCUT2D eigenvalue weighted by molar-refractivity contribution is 0.495. The Bertz CT molecular complexity index is 623. The number of hydrogen-bond acceptors (Lipinski definition) is 1. The fourth-order valence-corrected chi connectivity index (χ4v) is 1.76. The smallest absolute Gasteiger partial charge is 0.161 e. The van der Waals surface area contributed by atoms with E-state index in [0.717, 1.165) is 6.07 Å². The first-order valence-electron chi connectivity index (χ1n) is 5.60.